The van der Waals surface area contributed by atoms with E-state index < -0.39 is 36.2 Å². The minimum absolute atomic E-state index is 0.0266. The summed E-state index contributed by atoms with van der Waals surface area (Å²) in [5, 5.41) is 19.1. The highest BCUT2D eigenvalue weighted by Gasteiger charge is 2.38. The summed E-state index contributed by atoms with van der Waals surface area (Å²) in [5.74, 6) is -5.52. The van der Waals surface area contributed by atoms with Crippen LogP contribution in [0.4, 0.5) is 13.2 Å². The van der Waals surface area contributed by atoms with Gasteiger partial charge in [0.25, 0.3) is 5.91 Å². The van der Waals surface area contributed by atoms with Gasteiger partial charge < -0.3 is 25.2 Å². The maximum Gasteiger partial charge on any atom is 0.490 e. The molecule has 2 aromatic rings. The van der Waals surface area contributed by atoms with Gasteiger partial charge in [-0.25, -0.2) is 9.59 Å². The van der Waals surface area contributed by atoms with Crippen molar-refractivity contribution in [2.75, 3.05) is 20.6 Å². The Labute approximate surface area is 222 Å². The van der Waals surface area contributed by atoms with E-state index in [9.17, 15) is 37.5 Å². The third-order valence-electron chi connectivity index (χ3n) is 4.91. The number of carbonyl (C=O) groups is 5. The van der Waals surface area contributed by atoms with Crippen LogP contribution in [0.2, 0.25) is 0 Å². The second-order valence-corrected chi connectivity index (χ2v) is 8.43. The summed E-state index contributed by atoms with van der Waals surface area (Å²) in [6.45, 7) is 0.0266. The van der Waals surface area contributed by atoms with Crippen LogP contribution >= 0.6 is 0 Å². The van der Waals surface area contributed by atoms with Crippen molar-refractivity contribution in [2.24, 2.45) is 0 Å². The SMILES string of the molecule is CN(C)C[C@H](OC(=O)CCC(=O)[C@H](Cc1ccccc1)NC(=O)c1ccccc1)C(=O)O.O=C(O)C(F)(F)F. The standard InChI is InChI=1S/C24H28N2O6.C2HF3O2/c1-26(2)16-21(24(30)31)32-22(28)14-13-20(27)19(15-17-9-5-3-6-10-17)25-23(29)18-11-7-4-8-12-18;3-2(4,5)1(6)7/h3-12,19,21H,13-16H2,1-2H3,(H,25,29)(H,30,31);(H,6,7)/t19-,21-;/m0./s1. The molecule has 0 unspecified atom stereocenters. The number of esters is 1. The average molecular weight is 555 g/mol. The molecule has 0 saturated carbocycles. The minimum atomic E-state index is -5.08. The second kappa shape index (κ2) is 15.9. The van der Waals surface area contributed by atoms with Crippen LogP contribution in [0, 0.1) is 0 Å². The van der Waals surface area contributed by atoms with Gasteiger partial charge >= 0.3 is 24.1 Å². The summed E-state index contributed by atoms with van der Waals surface area (Å²) in [6.07, 6.45) is -6.58. The normalized spacial score (nSPS) is 12.4. The number of carboxylic acids is 2. The number of carboxylic acid groups (broad SMARTS) is 2. The van der Waals surface area contributed by atoms with Gasteiger partial charge in [0.05, 0.1) is 12.5 Å². The van der Waals surface area contributed by atoms with Crippen molar-refractivity contribution in [3.63, 3.8) is 0 Å². The molecule has 0 aliphatic rings. The quantitative estimate of drug-likeness (QED) is 0.336. The molecule has 0 saturated heterocycles. The highest BCUT2D eigenvalue weighted by atomic mass is 19.4. The first kappa shape index (κ1) is 32.8. The molecule has 13 heteroatoms. The zero-order chi connectivity index (χ0) is 29.6. The van der Waals surface area contributed by atoms with Gasteiger partial charge in [-0.2, -0.15) is 13.2 Å². The summed E-state index contributed by atoms with van der Waals surface area (Å²) in [5.41, 5.74) is 1.28. The van der Waals surface area contributed by atoms with E-state index >= 15 is 0 Å². The van der Waals surface area contributed by atoms with Gasteiger partial charge in [0.2, 0.25) is 6.10 Å². The third kappa shape index (κ3) is 13.2. The Balaban J connectivity index is 0.000000956. The highest BCUT2D eigenvalue weighted by molar-refractivity contribution is 5.98. The number of ketones is 1. The Morgan fingerprint density at radius 2 is 1.41 bits per heavy atom. The second-order valence-electron chi connectivity index (χ2n) is 8.43. The van der Waals surface area contributed by atoms with Gasteiger partial charge in [-0.05, 0) is 38.2 Å². The zero-order valence-electron chi connectivity index (χ0n) is 21.2. The molecule has 2 rings (SSSR count). The lowest BCUT2D eigenvalue weighted by molar-refractivity contribution is -0.192. The number of halogens is 3. The molecule has 0 heterocycles. The Kier molecular flexibility index (Phi) is 13.3. The lowest BCUT2D eigenvalue weighted by Crippen LogP contribution is -2.42. The molecule has 10 nitrogen and oxygen atoms in total. The van der Waals surface area contributed by atoms with E-state index in [0.717, 1.165) is 5.56 Å². The minimum Gasteiger partial charge on any atom is -0.478 e. The van der Waals surface area contributed by atoms with Crippen molar-refractivity contribution in [1.82, 2.24) is 10.2 Å². The summed E-state index contributed by atoms with van der Waals surface area (Å²) in [6, 6.07) is 16.9. The molecule has 39 heavy (non-hydrogen) atoms. The molecule has 3 N–H and O–H groups in total. The van der Waals surface area contributed by atoms with Crippen LogP contribution in [0.15, 0.2) is 60.7 Å². The molecule has 0 aliphatic heterocycles. The lowest BCUT2D eigenvalue weighted by atomic mass is 9.99. The topological polar surface area (TPSA) is 150 Å². The van der Waals surface area contributed by atoms with Gasteiger partial charge in [0.15, 0.2) is 5.78 Å². The van der Waals surface area contributed by atoms with Gasteiger partial charge in [-0.15, -0.1) is 0 Å². The number of alkyl halides is 3. The molecule has 2 atom stereocenters. The highest BCUT2D eigenvalue weighted by Crippen LogP contribution is 2.13. The van der Waals surface area contributed by atoms with E-state index in [2.05, 4.69) is 5.32 Å². The zero-order valence-corrected chi connectivity index (χ0v) is 21.2. The number of ether oxygens (including phenoxy) is 1. The number of likely N-dealkylation sites (N-methyl/N-ethyl adjacent to an activating group) is 1. The van der Waals surface area contributed by atoms with Crippen LogP contribution in [0.25, 0.3) is 0 Å². The third-order valence-corrected chi connectivity index (χ3v) is 4.91. The number of benzene rings is 2. The maximum absolute atomic E-state index is 12.9. The monoisotopic (exact) mass is 554 g/mol. The summed E-state index contributed by atoms with van der Waals surface area (Å²) in [4.78, 5) is 59.3. The molecule has 2 aromatic carbocycles. The van der Waals surface area contributed by atoms with Crippen LogP contribution in [0.1, 0.15) is 28.8 Å². The first-order chi connectivity index (χ1) is 18.2. The van der Waals surface area contributed by atoms with E-state index in [-0.39, 0.29) is 37.5 Å². The van der Waals surface area contributed by atoms with E-state index in [1.54, 1.807) is 49.3 Å². The summed E-state index contributed by atoms with van der Waals surface area (Å²) < 4.78 is 36.7. The van der Waals surface area contributed by atoms with Crippen LogP contribution in [-0.2, 0) is 30.3 Å². The van der Waals surface area contributed by atoms with Crippen molar-refractivity contribution < 1.29 is 52.1 Å². The van der Waals surface area contributed by atoms with Crippen LogP contribution < -0.4 is 5.32 Å². The number of carbonyl (C=O) groups excluding carboxylic acids is 3. The van der Waals surface area contributed by atoms with E-state index in [0.29, 0.717) is 5.56 Å². The molecule has 0 radical (unpaired) electrons. The van der Waals surface area contributed by atoms with E-state index in [1.807, 2.05) is 30.3 Å². The first-order valence-corrected chi connectivity index (χ1v) is 11.5. The molecule has 0 aliphatic carbocycles. The number of nitrogens with one attached hydrogen (secondary N) is 1. The fourth-order valence-electron chi connectivity index (χ4n) is 3.04. The molecule has 0 aromatic heterocycles. The van der Waals surface area contributed by atoms with Crippen LogP contribution in [0.5, 0.6) is 0 Å². The number of nitrogens with zero attached hydrogens (tertiary/aromatic N) is 1. The van der Waals surface area contributed by atoms with Crippen molar-refractivity contribution >= 4 is 29.6 Å². The van der Waals surface area contributed by atoms with Crippen molar-refractivity contribution in [3.05, 3.63) is 71.8 Å². The van der Waals surface area contributed by atoms with Gasteiger partial charge in [-0.1, -0.05) is 48.5 Å². The van der Waals surface area contributed by atoms with Crippen molar-refractivity contribution in [3.8, 4) is 0 Å². The Bertz CT molecular complexity index is 1110. The van der Waals surface area contributed by atoms with E-state index in [1.165, 1.54) is 0 Å². The number of amides is 1. The van der Waals surface area contributed by atoms with Gasteiger partial charge in [-0.3, -0.25) is 14.4 Å². The average Bonchev–Trinajstić information content (AvgIpc) is 2.87. The fraction of sp³-hybridized carbons (Fsp3) is 0.346. The molecular formula is C26H29F3N2O8. The van der Waals surface area contributed by atoms with Gasteiger partial charge in [0, 0.05) is 18.5 Å². The summed E-state index contributed by atoms with van der Waals surface area (Å²) >= 11 is 0. The lowest BCUT2D eigenvalue weighted by Gasteiger charge is -2.19. The molecule has 1 amide bonds. The molecule has 0 spiro atoms. The molecule has 0 fully saturated rings. The Morgan fingerprint density at radius 1 is 0.897 bits per heavy atom. The fourth-order valence-corrected chi connectivity index (χ4v) is 3.04. The molecule has 212 valence electrons. The molecule has 0 bridgehead atoms. The maximum atomic E-state index is 12.9. The predicted molar refractivity (Wildman–Crippen MR) is 132 cm³/mol. The van der Waals surface area contributed by atoms with Crippen molar-refractivity contribution in [1.29, 1.82) is 0 Å². The smallest absolute Gasteiger partial charge is 0.478 e. The van der Waals surface area contributed by atoms with Gasteiger partial charge in [0.1, 0.15) is 0 Å². The van der Waals surface area contributed by atoms with Crippen molar-refractivity contribution in [2.45, 2.75) is 37.6 Å². The first-order valence-electron chi connectivity index (χ1n) is 11.5. The summed E-state index contributed by atoms with van der Waals surface area (Å²) in [7, 11) is 3.33. The number of hydrogen-bond donors (Lipinski definition) is 3. The number of hydrogen-bond acceptors (Lipinski definition) is 7. The molecular weight excluding hydrogens is 525 g/mol. The number of Topliss-reactive ketones (excluding diaryl/α,β-unsaturated/α-hetero) is 1. The largest absolute Gasteiger partial charge is 0.490 e. The van der Waals surface area contributed by atoms with Crippen LogP contribution in [-0.4, -0.2) is 83.7 Å². The Hall–Kier alpha value is -4.26. The Morgan fingerprint density at radius 3 is 1.87 bits per heavy atom. The van der Waals surface area contributed by atoms with E-state index in [4.69, 9.17) is 14.6 Å². The number of aliphatic carboxylic acids is 2. The van der Waals surface area contributed by atoms with Crippen LogP contribution in [0.3, 0.4) is 0 Å². The number of rotatable bonds is 12. The predicted octanol–water partition coefficient (Wildman–Crippen LogP) is 2.57.